The van der Waals surface area contributed by atoms with Gasteiger partial charge in [0.1, 0.15) is 6.42 Å². The summed E-state index contributed by atoms with van der Waals surface area (Å²) in [6.07, 6.45) is 6.67. The van der Waals surface area contributed by atoms with E-state index in [1.165, 1.54) is 19.3 Å². The molecule has 4 nitrogen and oxygen atoms in total. The van der Waals surface area contributed by atoms with E-state index in [1.54, 1.807) is 0 Å². The molecule has 0 atom stereocenters. The fourth-order valence-electron chi connectivity index (χ4n) is 2.23. The fourth-order valence-corrected chi connectivity index (χ4v) is 2.23. The minimum atomic E-state index is -0.163. The third-order valence-corrected chi connectivity index (χ3v) is 3.34. The largest absolute Gasteiger partial charge is 0.356 e. The fraction of sp³-hybridized carbons (Fsp3) is 0.857. The van der Waals surface area contributed by atoms with Crippen molar-refractivity contribution in [2.75, 3.05) is 6.54 Å². The third kappa shape index (κ3) is 6.62. The van der Waals surface area contributed by atoms with Crippen LogP contribution in [0, 0.1) is 5.92 Å². The second-order valence-corrected chi connectivity index (χ2v) is 5.61. The Labute approximate surface area is 110 Å². The summed E-state index contributed by atoms with van der Waals surface area (Å²) in [4.78, 5) is 23.2. The van der Waals surface area contributed by atoms with Crippen LogP contribution >= 0.6 is 0 Å². The molecular formula is C14H26N2O2. The van der Waals surface area contributed by atoms with Crippen LogP contribution in [0.2, 0.25) is 0 Å². The SMILES string of the molecule is CC(C)CCNC(=O)CC(=O)NC1CCCCC1. The molecule has 2 amide bonds. The van der Waals surface area contributed by atoms with Crippen molar-refractivity contribution in [3.05, 3.63) is 0 Å². The number of rotatable bonds is 6. The van der Waals surface area contributed by atoms with Gasteiger partial charge in [0.25, 0.3) is 0 Å². The predicted octanol–water partition coefficient (Wildman–Crippen LogP) is 1.99. The van der Waals surface area contributed by atoms with Gasteiger partial charge in [-0.25, -0.2) is 0 Å². The molecule has 1 aliphatic rings. The maximum absolute atomic E-state index is 11.6. The summed E-state index contributed by atoms with van der Waals surface area (Å²) in [6, 6.07) is 0.287. The Balaban J connectivity index is 2.12. The molecule has 0 bridgehead atoms. The van der Waals surface area contributed by atoms with Crippen LogP contribution in [0.25, 0.3) is 0 Å². The van der Waals surface area contributed by atoms with Crippen LogP contribution in [0.1, 0.15) is 58.8 Å². The average molecular weight is 254 g/mol. The lowest BCUT2D eigenvalue weighted by Gasteiger charge is -2.22. The van der Waals surface area contributed by atoms with E-state index in [2.05, 4.69) is 24.5 Å². The van der Waals surface area contributed by atoms with Gasteiger partial charge in [0.15, 0.2) is 0 Å². The Morgan fingerprint density at radius 3 is 2.39 bits per heavy atom. The molecule has 1 saturated carbocycles. The van der Waals surface area contributed by atoms with Crippen molar-refractivity contribution >= 4 is 11.8 Å². The van der Waals surface area contributed by atoms with E-state index in [0.717, 1.165) is 19.3 Å². The lowest BCUT2D eigenvalue weighted by molar-refractivity contribution is -0.129. The molecule has 0 saturated heterocycles. The van der Waals surface area contributed by atoms with Crippen molar-refractivity contribution in [2.45, 2.75) is 64.8 Å². The summed E-state index contributed by atoms with van der Waals surface area (Å²) in [5.41, 5.74) is 0. The molecular weight excluding hydrogens is 228 g/mol. The summed E-state index contributed by atoms with van der Waals surface area (Å²) in [6.45, 7) is 4.89. The van der Waals surface area contributed by atoms with Crippen LogP contribution in [0.5, 0.6) is 0 Å². The standard InChI is InChI=1S/C14H26N2O2/c1-11(2)8-9-15-13(17)10-14(18)16-12-6-4-3-5-7-12/h11-12H,3-10H2,1-2H3,(H,15,17)(H,16,18). The predicted molar refractivity (Wildman–Crippen MR) is 72.1 cm³/mol. The highest BCUT2D eigenvalue weighted by Gasteiger charge is 2.17. The molecule has 0 aromatic rings. The summed E-state index contributed by atoms with van der Waals surface area (Å²) in [5, 5.41) is 5.73. The Bertz CT molecular complexity index is 271. The van der Waals surface area contributed by atoms with Crippen LogP contribution in [0.4, 0.5) is 0 Å². The molecule has 104 valence electrons. The summed E-state index contributed by atoms with van der Waals surface area (Å²) < 4.78 is 0. The molecule has 1 aliphatic carbocycles. The monoisotopic (exact) mass is 254 g/mol. The van der Waals surface area contributed by atoms with Crippen LogP contribution in [0.3, 0.4) is 0 Å². The zero-order valence-electron chi connectivity index (χ0n) is 11.6. The van der Waals surface area contributed by atoms with Crippen molar-refractivity contribution in [3.8, 4) is 0 Å². The first-order valence-electron chi connectivity index (χ1n) is 7.14. The maximum atomic E-state index is 11.6. The Morgan fingerprint density at radius 2 is 1.78 bits per heavy atom. The van der Waals surface area contributed by atoms with Crippen molar-refractivity contribution in [1.29, 1.82) is 0 Å². The van der Waals surface area contributed by atoms with E-state index < -0.39 is 0 Å². The molecule has 0 aromatic carbocycles. The summed E-state index contributed by atoms with van der Waals surface area (Å²) >= 11 is 0. The molecule has 18 heavy (non-hydrogen) atoms. The molecule has 0 spiro atoms. The van der Waals surface area contributed by atoms with E-state index in [0.29, 0.717) is 12.5 Å². The van der Waals surface area contributed by atoms with E-state index in [4.69, 9.17) is 0 Å². The van der Waals surface area contributed by atoms with Crippen molar-refractivity contribution in [3.63, 3.8) is 0 Å². The lowest BCUT2D eigenvalue weighted by Crippen LogP contribution is -2.39. The smallest absolute Gasteiger partial charge is 0.229 e. The van der Waals surface area contributed by atoms with Crippen LogP contribution in [-0.2, 0) is 9.59 Å². The van der Waals surface area contributed by atoms with Gasteiger partial charge in [0.2, 0.25) is 11.8 Å². The highest BCUT2D eigenvalue weighted by atomic mass is 16.2. The molecule has 0 unspecified atom stereocenters. The number of hydrogen-bond donors (Lipinski definition) is 2. The minimum Gasteiger partial charge on any atom is -0.356 e. The van der Waals surface area contributed by atoms with E-state index in [9.17, 15) is 9.59 Å². The zero-order chi connectivity index (χ0) is 13.4. The quantitative estimate of drug-likeness (QED) is 0.712. The highest BCUT2D eigenvalue weighted by molar-refractivity contribution is 5.96. The molecule has 2 N–H and O–H groups in total. The molecule has 0 aliphatic heterocycles. The van der Waals surface area contributed by atoms with Crippen LogP contribution in [0.15, 0.2) is 0 Å². The van der Waals surface area contributed by atoms with Gasteiger partial charge in [-0.2, -0.15) is 0 Å². The second-order valence-electron chi connectivity index (χ2n) is 5.61. The van der Waals surface area contributed by atoms with Crippen molar-refractivity contribution in [1.82, 2.24) is 10.6 Å². The van der Waals surface area contributed by atoms with Gasteiger partial charge in [-0.3, -0.25) is 9.59 Å². The number of amides is 2. The first-order chi connectivity index (χ1) is 8.58. The first kappa shape index (κ1) is 15.0. The topological polar surface area (TPSA) is 58.2 Å². The number of carbonyl (C=O) groups is 2. The molecule has 0 radical (unpaired) electrons. The zero-order valence-corrected chi connectivity index (χ0v) is 11.6. The molecule has 0 heterocycles. The van der Waals surface area contributed by atoms with Gasteiger partial charge in [-0.05, 0) is 25.2 Å². The van der Waals surface area contributed by atoms with Crippen LogP contribution < -0.4 is 10.6 Å². The lowest BCUT2D eigenvalue weighted by atomic mass is 9.95. The first-order valence-corrected chi connectivity index (χ1v) is 7.14. The molecule has 0 aromatic heterocycles. The van der Waals surface area contributed by atoms with E-state index in [1.807, 2.05) is 0 Å². The highest BCUT2D eigenvalue weighted by Crippen LogP contribution is 2.17. The average Bonchev–Trinajstić information content (AvgIpc) is 2.29. The maximum Gasteiger partial charge on any atom is 0.229 e. The van der Waals surface area contributed by atoms with Crippen molar-refractivity contribution in [2.24, 2.45) is 5.92 Å². The normalized spacial score (nSPS) is 16.6. The van der Waals surface area contributed by atoms with E-state index in [-0.39, 0.29) is 24.3 Å². The van der Waals surface area contributed by atoms with Gasteiger partial charge in [0.05, 0.1) is 0 Å². The molecule has 1 rings (SSSR count). The minimum absolute atomic E-state index is 0.0331. The summed E-state index contributed by atoms with van der Waals surface area (Å²) in [5.74, 6) is 0.272. The van der Waals surface area contributed by atoms with Crippen LogP contribution in [-0.4, -0.2) is 24.4 Å². The van der Waals surface area contributed by atoms with E-state index >= 15 is 0 Å². The Hall–Kier alpha value is -1.06. The number of carbonyl (C=O) groups excluding carboxylic acids is 2. The van der Waals surface area contributed by atoms with Gasteiger partial charge in [-0.15, -0.1) is 0 Å². The number of nitrogens with one attached hydrogen (secondary N) is 2. The van der Waals surface area contributed by atoms with Crippen molar-refractivity contribution < 1.29 is 9.59 Å². The Morgan fingerprint density at radius 1 is 1.11 bits per heavy atom. The number of hydrogen-bond acceptors (Lipinski definition) is 2. The third-order valence-electron chi connectivity index (χ3n) is 3.34. The van der Waals surface area contributed by atoms with Gasteiger partial charge in [0, 0.05) is 12.6 Å². The van der Waals surface area contributed by atoms with Gasteiger partial charge in [-0.1, -0.05) is 33.1 Å². The summed E-state index contributed by atoms with van der Waals surface area (Å²) in [7, 11) is 0. The second kappa shape index (κ2) is 8.11. The molecule has 1 fully saturated rings. The molecule has 4 heteroatoms. The Kier molecular flexibility index (Phi) is 6.76. The van der Waals surface area contributed by atoms with Gasteiger partial charge >= 0.3 is 0 Å². The van der Waals surface area contributed by atoms with Gasteiger partial charge < -0.3 is 10.6 Å².